The average molecular weight is 316 g/mol. The molecule has 126 valence electrons. The molecule has 1 amide bonds. The van der Waals surface area contributed by atoms with Crippen molar-refractivity contribution in [3.63, 3.8) is 0 Å². The molecule has 0 heterocycles. The largest absolute Gasteiger partial charge is 0.357 e. The minimum Gasteiger partial charge on any atom is -0.357 e. The van der Waals surface area contributed by atoms with Crippen molar-refractivity contribution < 1.29 is 4.79 Å². The van der Waals surface area contributed by atoms with Crippen molar-refractivity contribution in [1.29, 1.82) is 0 Å². The molecule has 1 saturated carbocycles. The molecule has 3 N–H and O–H groups in total. The molecule has 0 bridgehead atoms. The zero-order valence-electron chi connectivity index (χ0n) is 14.5. The molecule has 5 heteroatoms. The average Bonchev–Trinajstić information content (AvgIpc) is 3.23. The van der Waals surface area contributed by atoms with Crippen molar-refractivity contribution in [2.45, 2.75) is 51.6 Å². The van der Waals surface area contributed by atoms with Gasteiger partial charge in [-0.05, 0) is 39.7 Å². The van der Waals surface area contributed by atoms with Gasteiger partial charge in [-0.1, -0.05) is 30.3 Å². The van der Waals surface area contributed by atoms with Gasteiger partial charge in [0.05, 0.1) is 0 Å². The molecular formula is C18H28N4O. The third-order valence-electron chi connectivity index (χ3n) is 3.58. The second-order valence-electron chi connectivity index (χ2n) is 7.00. The minimum absolute atomic E-state index is 0.0647. The molecule has 2 rings (SSSR count). The number of hydrogen-bond acceptors (Lipinski definition) is 2. The van der Waals surface area contributed by atoms with Crippen LogP contribution in [0.15, 0.2) is 35.3 Å². The Bertz CT molecular complexity index is 548. The highest BCUT2D eigenvalue weighted by Crippen LogP contribution is 2.40. The van der Waals surface area contributed by atoms with E-state index in [-0.39, 0.29) is 18.0 Å². The Hall–Kier alpha value is -2.04. The Morgan fingerprint density at radius 3 is 2.57 bits per heavy atom. The van der Waals surface area contributed by atoms with Crippen LogP contribution in [0.2, 0.25) is 0 Å². The number of aliphatic imine (C=N–C) groups is 1. The maximum Gasteiger partial charge on any atom is 0.242 e. The summed E-state index contributed by atoms with van der Waals surface area (Å²) in [7, 11) is 0. The summed E-state index contributed by atoms with van der Waals surface area (Å²) in [5.74, 6) is 1.17. The van der Waals surface area contributed by atoms with Crippen LogP contribution in [-0.4, -0.2) is 36.5 Å². The van der Waals surface area contributed by atoms with Crippen molar-refractivity contribution >= 4 is 11.9 Å². The topological polar surface area (TPSA) is 65.5 Å². The highest BCUT2D eigenvalue weighted by Gasteiger charge is 2.38. The second kappa shape index (κ2) is 7.49. The molecule has 1 aromatic rings. The van der Waals surface area contributed by atoms with Gasteiger partial charge in [-0.2, -0.15) is 0 Å². The van der Waals surface area contributed by atoms with Crippen LogP contribution in [0.1, 0.15) is 45.6 Å². The molecule has 0 saturated heterocycles. The SMILES string of the molecule is CCNC(=NCC(=O)NC(C)(C)C)NC1CC1c1ccccc1. The van der Waals surface area contributed by atoms with Crippen molar-refractivity contribution in [2.75, 3.05) is 13.1 Å². The van der Waals surface area contributed by atoms with Gasteiger partial charge in [0.1, 0.15) is 6.54 Å². The maximum absolute atomic E-state index is 11.9. The summed E-state index contributed by atoms with van der Waals surface area (Å²) >= 11 is 0. The standard InChI is InChI=1S/C18H28N4O/c1-5-19-17(20-12-16(23)22-18(2,3)4)21-15-11-14(15)13-9-7-6-8-10-13/h6-10,14-15H,5,11-12H2,1-4H3,(H,22,23)(H2,19,20,21). The van der Waals surface area contributed by atoms with E-state index in [1.807, 2.05) is 33.8 Å². The van der Waals surface area contributed by atoms with Crippen LogP contribution in [0.25, 0.3) is 0 Å². The fourth-order valence-corrected chi connectivity index (χ4v) is 2.53. The molecule has 0 spiro atoms. The van der Waals surface area contributed by atoms with E-state index in [2.05, 4.69) is 45.2 Å². The molecule has 23 heavy (non-hydrogen) atoms. The highest BCUT2D eigenvalue weighted by atomic mass is 16.2. The number of nitrogens with one attached hydrogen (secondary N) is 3. The lowest BCUT2D eigenvalue weighted by atomic mass is 10.1. The van der Waals surface area contributed by atoms with Crippen LogP contribution >= 0.6 is 0 Å². The first-order valence-electron chi connectivity index (χ1n) is 8.30. The summed E-state index contributed by atoms with van der Waals surface area (Å²) in [6, 6.07) is 10.9. The Balaban J connectivity index is 1.87. The summed E-state index contributed by atoms with van der Waals surface area (Å²) in [5.41, 5.74) is 1.12. The number of carbonyl (C=O) groups is 1. The number of nitrogens with zero attached hydrogens (tertiary/aromatic N) is 1. The lowest BCUT2D eigenvalue weighted by molar-refractivity contribution is -0.121. The number of amides is 1. The third-order valence-corrected chi connectivity index (χ3v) is 3.58. The van der Waals surface area contributed by atoms with Gasteiger partial charge in [-0.3, -0.25) is 4.79 Å². The maximum atomic E-state index is 11.9. The van der Waals surface area contributed by atoms with Crippen LogP contribution in [0.3, 0.4) is 0 Å². The predicted molar refractivity (Wildman–Crippen MR) is 94.6 cm³/mol. The quantitative estimate of drug-likeness (QED) is 0.575. The molecule has 5 nitrogen and oxygen atoms in total. The van der Waals surface area contributed by atoms with Crippen molar-refractivity contribution in [1.82, 2.24) is 16.0 Å². The first kappa shape index (κ1) is 17.3. The van der Waals surface area contributed by atoms with Gasteiger partial charge >= 0.3 is 0 Å². The molecule has 2 atom stereocenters. The van der Waals surface area contributed by atoms with E-state index in [0.29, 0.717) is 17.9 Å². The van der Waals surface area contributed by atoms with Crippen molar-refractivity contribution in [3.8, 4) is 0 Å². The fourth-order valence-electron chi connectivity index (χ4n) is 2.53. The lowest BCUT2D eigenvalue weighted by Gasteiger charge is -2.20. The molecule has 1 aromatic carbocycles. The van der Waals surface area contributed by atoms with Gasteiger partial charge in [0.15, 0.2) is 5.96 Å². The Morgan fingerprint density at radius 1 is 1.26 bits per heavy atom. The van der Waals surface area contributed by atoms with Crippen LogP contribution < -0.4 is 16.0 Å². The van der Waals surface area contributed by atoms with Crippen LogP contribution in [-0.2, 0) is 4.79 Å². The minimum atomic E-state index is -0.229. The van der Waals surface area contributed by atoms with Crippen LogP contribution in [0.5, 0.6) is 0 Å². The van der Waals surface area contributed by atoms with E-state index in [0.717, 1.165) is 13.0 Å². The predicted octanol–water partition coefficient (Wildman–Crippen LogP) is 2.01. The van der Waals surface area contributed by atoms with E-state index < -0.39 is 0 Å². The number of hydrogen-bond donors (Lipinski definition) is 3. The lowest BCUT2D eigenvalue weighted by Crippen LogP contribution is -2.43. The van der Waals surface area contributed by atoms with Gasteiger partial charge < -0.3 is 16.0 Å². The molecule has 1 aliphatic rings. The zero-order valence-corrected chi connectivity index (χ0v) is 14.5. The number of benzene rings is 1. The Morgan fingerprint density at radius 2 is 1.96 bits per heavy atom. The van der Waals surface area contributed by atoms with E-state index in [1.165, 1.54) is 5.56 Å². The van der Waals surface area contributed by atoms with Gasteiger partial charge in [0, 0.05) is 24.0 Å². The molecule has 2 unspecified atom stereocenters. The van der Waals surface area contributed by atoms with Gasteiger partial charge in [-0.15, -0.1) is 0 Å². The molecule has 1 fully saturated rings. The number of guanidine groups is 1. The highest BCUT2D eigenvalue weighted by molar-refractivity contribution is 5.85. The summed E-state index contributed by atoms with van der Waals surface area (Å²) in [4.78, 5) is 16.3. The van der Waals surface area contributed by atoms with Crippen molar-refractivity contribution in [2.24, 2.45) is 4.99 Å². The second-order valence-corrected chi connectivity index (χ2v) is 7.00. The first-order valence-corrected chi connectivity index (χ1v) is 8.30. The monoisotopic (exact) mass is 316 g/mol. The molecule has 0 aromatic heterocycles. The van der Waals surface area contributed by atoms with E-state index in [1.54, 1.807) is 0 Å². The zero-order chi connectivity index (χ0) is 16.9. The van der Waals surface area contributed by atoms with E-state index in [9.17, 15) is 4.79 Å². The van der Waals surface area contributed by atoms with Gasteiger partial charge in [0.2, 0.25) is 5.91 Å². The summed E-state index contributed by atoms with van der Waals surface area (Å²) in [6.45, 7) is 8.82. The fraction of sp³-hybridized carbons (Fsp3) is 0.556. The summed E-state index contributed by atoms with van der Waals surface area (Å²) in [6.07, 6.45) is 1.10. The van der Waals surface area contributed by atoms with Crippen LogP contribution in [0, 0.1) is 0 Å². The Kier molecular flexibility index (Phi) is 5.64. The van der Waals surface area contributed by atoms with Gasteiger partial charge in [0.25, 0.3) is 0 Å². The summed E-state index contributed by atoms with van der Waals surface area (Å²) in [5, 5.41) is 9.54. The van der Waals surface area contributed by atoms with E-state index in [4.69, 9.17) is 0 Å². The van der Waals surface area contributed by atoms with Gasteiger partial charge in [-0.25, -0.2) is 4.99 Å². The Labute approximate surface area is 139 Å². The summed E-state index contributed by atoms with van der Waals surface area (Å²) < 4.78 is 0. The van der Waals surface area contributed by atoms with Crippen LogP contribution in [0.4, 0.5) is 0 Å². The van der Waals surface area contributed by atoms with Crippen molar-refractivity contribution in [3.05, 3.63) is 35.9 Å². The molecule has 0 radical (unpaired) electrons. The molecular weight excluding hydrogens is 288 g/mol. The molecule has 0 aliphatic heterocycles. The number of carbonyl (C=O) groups excluding carboxylic acids is 1. The number of rotatable bonds is 5. The normalized spacial score (nSPS) is 20.8. The smallest absolute Gasteiger partial charge is 0.242 e. The third kappa shape index (κ3) is 5.93. The first-order chi connectivity index (χ1) is 10.9. The molecule has 1 aliphatic carbocycles. The van der Waals surface area contributed by atoms with E-state index >= 15 is 0 Å².